The van der Waals surface area contributed by atoms with Gasteiger partial charge in [-0.2, -0.15) is 5.10 Å². The zero-order chi connectivity index (χ0) is 11.0. The molecular weight excluding hydrogens is 200 g/mol. The van der Waals surface area contributed by atoms with Gasteiger partial charge in [-0.3, -0.25) is 0 Å². The van der Waals surface area contributed by atoms with Crippen molar-refractivity contribution in [3.05, 3.63) is 35.5 Å². The third kappa shape index (κ3) is 1.36. The normalized spacial score (nSPS) is 11.7. The van der Waals surface area contributed by atoms with Crippen molar-refractivity contribution in [3.8, 4) is 0 Å². The van der Waals surface area contributed by atoms with Crippen LogP contribution >= 0.6 is 0 Å². The summed E-state index contributed by atoms with van der Waals surface area (Å²) in [6.45, 7) is 0. The van der Waals surface area contributed by atoms with Gasteiger partial charge in [0.25, 0.3) is 0 Å². The fourth-order valence-corrected chi connectivity index (χ4v) is 1.55. The number of halogens is 2. The van der Waals surface area contributed by atoms with E-state index >= 15 is 0 Å². The van der Waals surface area contributed by atoms with Gasteiger partial charge in [-0.05, 0) is 12.1 Å². The lowest BCUT2D eigenvalue weighted by atomic mass is 10.1. The van der Waals surface area contributed by atoms with Crippen LogP contribution < -0.4 is 5.84 Å². The van der Waals surface area contributed by atoms with Gasteiger partial charge in [-0.25, -0.2) is 8.78 Å². The van der Waals surface area contributed by atoms with Gasteiger partial charge in [0.05, 0.1) is 17.3 Å². The molecule has 0 bridgehead atoms. The summed E-state index contributed by atoms with van der Waals surface area (Å²) in [7, 11) is 1.72. The Morgan fingerprint density at radius 2 is 2.20 bits per heavy atom. The zero-order valence-electron chi connectivity index (χ0n) is 8.04. The first kappa shape index (κ1) is 9.64. The summed E-state index contributed by atoms with van der Waals surface area (Å²) in [5.41, 5.74) is 0.287. The fourth-order valence-electron chi connectivity index (χ4n) is 1.55. The van der Waals surface area contributed by atoms with Crippen molar-refractivity contribution in [2.75, 3.05) is 0 Å². The molecule has 0 radical (unpaired) electrons. The maximum atomic E-state index is 13.7. The number of aromatic nitrogens is 1. The molecule has 1 aromatic heterocycles. The Labute approximate surface area is 84.8 Å². The molecule has 15 heavy (non-hydrogen) atoms. The molecule has 0 aliphatic rings. The van der Waals surface area contributed by atoms with Crippen molar-refractivity contribution < 1.29 is 8.78 Å². The molecule has 3 nitrogen and oxygen atoms in total. The van der Waals surface area contributed by atoms with Gasteiger partial charge in [-0.15, -0.1) is 0 Å². The van der Waals surface area contributed by atoms with E-state index in [2.05, 4.69) is 5.10 Å². The highest BCUT2D eigenvalue weighted by molar-refractivity contribution is 5.90. The summed E-state index contributed by atoms with van der Waals surface area (Å²) >= 11 is 0. The summed E-state index contributed by atoms with van der Waals surface area (Å²) in [6.07, 6.45) is 2.63. The summed E-state index contributed by atoms with van der Waals surface area (Å²) in [5.74, 6) is 3.57. The first-order valence-corrected chi connectivity index (χ1v) is 4.31. The minimum Gasteiger partial charge on any atom is -0.350 e. The van der Waals surface area contributed by atoms with E-state index in [9.17, 15) is 8.78 Å². The van der Waals surface area contributed by atoms with Gasteiger partial charge in [0.15, 0.2) is 0 Å². The van der Waals surface area contributed by atoms with E-state index < -0.39 is 11.6 Å². The minimum absolute atomic E-state index is 0.212. The van der Waals surface area contributed by atoms with Crippen LogP contribution in [0.3, 0.4) is 0 Å². The Balaban J connectivity index is 2.85. The second-order valence-corrected chi connectivity index (χ2v) is 3.22. The summed E-state index contributed by atoms with van der Waals surface area (Å²) in [6, 6.07) is 2.84. The minimum atomic E-state index is -0.670. The predicted molar refractivity (Wildman–Crippen MR) is 54.6 cm³/mol. The maximum Gasteiger partial charge on any atom is 0.144 e. The Bertz CT molecular complexity index is 543. The van der Waals surface area contributed by atoms with E-state index in [1.54, 1.807) is 23.9 Å². The van der Waals surface area contributed by atoms with Crippen LogP contribution in [0.2, 0.25) is 0 Å². The van der Waals surface area contributed by atoms with Gasteiger partial charge in [-0.1, -0.05) is 0 Å². The van der Waals surface area contributed by atoms with Crippen molar-refractivity contribution in [2.45, 2.75) is 0 Å². The van der Waals surface area contributed by atoms with Crippen LogP contribution in [0.15, 0.2) is 23.4 Å². The van der Waals surface area contributed by atoms with Gasteiger partial charge in [0.1, 0.15) is 11.6 Å². The maximum absolute atomic E-state index is 13.7. The Morgan fingerprint density at radius 1 is 1.47 bits per heavy atom. The van der Waals surface area contributed by atoms with Gasteiger partial charge >= 0.3 is 0 Å². The number of hydrogen-bond donors (Lipinski definition) is 1. The van der Waals surface area contributed by atoms with Crippen molar-refractivity contribution in [1.29, 1.82) is 0 Å². The number of benzene rings is 1. The number of aryl methyl sites for hydroxylation is 1. The van der Waals surface area contributed by atoms with Crippen LogP contribution in [0.4, 0.5) is 8.78 Å². The molecule has 0 aliphatic carbocycles. The fraction of sp³-hybridized carbons (Fsp3) is 0.100. The number of hydrogen-bond acceptors (Lipinski definition) is 2. The number of nitrogens with two attached hydrogens (primary N) is 1. The van der Waals surface area contributed by atoms with Crippen LogP contribution in [0, 0.1) is 11.6 Å². The van der Waals surface area contributed by atoms with Crippen molar-refractivity contribution in [1.82, 2.24) is 4.57 Å². The number of fused-ring (bicyclic) bond motifs is 1. The molecule has 0 spiro atoms. The molecule has 0 atom stereocenters. The van der Waals surface area contributed by atoms with Crippen LogP contribution in [-0.2, 0) is 7.05 Å². The number of rotatable bonds is 1. The second-order valence-electron chi connectivity index (χ2n) is 3.22. The third-order valence-corrected chi connectivity index (χ3v) is 2.32. The quantitative estimate of drug-likeness (QED) is 0.434. The van der Waals surface area contributed by atoms with E-state index in [0.29, 0.717) is 10.9 Å². The molecule has 0 saturated carbocycles. The standard InChI is InChI=1S/C10H9F2N3/c1-15-3-2-6-9(15)4-8(11)7(5-14-13)10(6)12/h2-5H,13H2,1H3. The largest absolute Gasteiger partial charge is 0.350 e. The lowest BCUT2D eigenvalue weighted by Gasteiger charge is -2.02. The van der Waals surface area contributed by atoms with Crippen molar-refractivity contribution >= 4 is 17.1 Å². The van der Waals surface area contributed by atoms with E-state index in [1.807, 2.05) is 0 Å². The first-order valence-electron chi connectivity index (χ1n) is 4.31. The van der Waals surface area contributed by atoms with Crippen LogP contribution in [0.1, 0.15) is 5.56 Å². The highest BCUT2D eigenvalue weighted by atomic mass is 19.1. The summed E-state index contributed by atoms with van der Waals surface area (Å²) in [4.78, 5) is 0. The first-order chi connectivity index (χ1) is 7.15. The SMILES string of the molecule is Cn1ccc2c(F)c(C=NN)c(F)cc21. The molecule has 0 amide bonds. The van der Waals surface area contributed by atoms with Gasteiger partial charge in [0.2, 0.25) is 0 Å². The van der Waals surface area contributed by atoms with Crippen molar-refractivity contribution in [3.63, 3.8) is 0 Å². The summed E-state index contributed by atoms with van der Waals surface area (Å²) in [5, 5.41) is 3.48. The predicted octanol–water partition coefficient (Wildman–Crippen LogP) is 1.75. The molecule has 1 heterocycles. The second kappa shape index (κ2) is 3.34. The molecule has 78 valence electrons. The van der Waals surface area contributed by atoms with Crippen LogP contribution in [0.25, 0.3) is 10.9 Å². The van der Waals surface area contributed by atoms with E-state index in [1.165, 1.54) is 6.07 Å². The molecule has 0 saturated heterocycles. The number of nitrogens with zero attached hydrogens (tertiary/aromatic N) is 2. The molecule has 5 heteroatoms. The lowest BCUT2D eigenvalue weighted by molar-refractivity contribution is 0.588. The molecule has 0 fully saturated rings. The molecular formula is C10H9F2N3. The average Bonchev–Trinajstić information content (AvgIpc) is 2.55. The lowest BCUT2D eigenvalue weighted by Crippen LogP contribution is -1.98. The zero-order valence-corrected chi connectivity index (χ0v) is 8.04. The van der Waals surface area contributed by atoms with Gasteiger partial charge < -0.3 is 10.4 Å². The van der Waals surface area contributed by atoms with E-state index in [0.717, 1.165) is 6.21 Å². The number of hydrazone groups is 1. The van der Waals surface area contributed by atoms with Crippen LogP contribution in [-0.4, -0.2) is 10.8 Å². The molecule has 2 rings (SSSR count). The highest BCUT2D eigenvalue weighted by Crippen LogP contribution is 2.23. The topological polar surface area (TPSA) is 43.3 Å². The van der Waals surface area contributed by atoms with E-state index in [-0.39, 0.29) is 5.56 Å². The van der Waals surface area contributed by atoms with Gasteiger partial charge in [0, 0.05) is 18.6 Å². The summed E-state index contributed by atoms with van der Waals surface area (Å²) < 4.78 is 28.8. The third-order valence-electron chi connectivity index (χ3n) is 2.32. The van der Waals surface area contributed by atoms with Crippen molar-refractivity contribution in [2.24, 2.45) is 18.0 Å². The molecule has 1 aromatic carbocycles. The smallest absolute Gasteiger partial charge is 0.144 e. The van der Waals surface area contributed by atoms with Crippen LogP contribution in [0.5, 0.6) is 0 Å². The Morgan fingerprint density at radius 3 is 2.87 bits per heavy atom. The Hall–Kier alpha value is -1.91. The average molecular weight is 209 g/mol. The van der Waals surface area contributed by atoms with E-state index in [4.69, 9.17) is 5.84 Å². The molecule has 0 aliphatic heterocycles. The highest BCUT2D eigenvalue weighted by Gasteiger charge is 2.13. The molecule has 2 N–H and O–H groups in total. The molecule has 2 aromatic rings. The Kier molecular flexibility index (Phi) is 2.15. The monoisotopic (exact) mass is 209 g/mol. The molecule has 0 unspecified atom stereocenters.